The molecule has 2 unspecified atom stereocenters. The van der Waals surface area contributed by atoms with Crippen LogP contribution in [0.15, 0.2) is 29.2 Å². The molecule has 2 saturated heterocycles. The van der Waals surface area contributed by atoms with Crippen molar-refractivity contribution < 1.29 is 13.2 Å². The monoisotopic (exact) mass is 378 g/mol. The van der Waals surface area contributed by atoms with E-state index < -0.39 is 15.6 Å². The first-order chi connectivity index (χ1) is 10.4. The number of fused-ring (bicyclic) bond motifs is 2. The molecular formula is C15H20Cl2N2O3S. The van der Waals surface area contributed by atoms with Crippen molar-refractivity contribution in [2.45, 2.75) is 36.2 Å². The Hall–Kier alpha value is -0.820. The summed E-state index contributed by atoms with van der Waals surface area (Å²) in [5, 5.41) is 3.95. The van der Waals surface area contributed by atoms with Crippen molar-refractivity contribution in [1.82, 2.24) is 10.2 Å². The molecule has 23 heavy (non-hydrogen) atoms. The number of benzene rings is 1. The maximum absolute atomic E-state index is 12.4. The molecule has 1 N–H and O–H groups in total. The van der Waals surface area contributed by atoms with Crippen molar-refractivity contribution in [3.63, 3.8) is 0 Å². The molecule has 128 valence electrons. The molecule has 8 heteroatoms. The molecule has 1 aromatic carbocycles. The van der Waals surface area contributed by atoms with Crippen molar-refractivity contribution >= 4 is 39.8 Å². The predicted octanol–water partition coefficient (Wildman–Crippen LogP) is 1.89. The van der Waals surface area contributed by atoms with Crippen molar-refractivity contribution in [3.05, 3.63) is 29.3 Å². The van der Waals surface area contributed by atoms with Crippen LogP contribution in [0.5, 0.6) is 0 Å². The summed E-state index contributed by atoms with van der Waals surface area (Å²) in [6.07, 6.45) is 3.09. The Balaban J connectivity index is 0.00000192. The normalized spacial score (nSPS) is 24.0. The van der Waals surface area contributed by atoms with Gasteiger partial charge in [-0.05, 0) is 43.5 Å². The smallest absolute Gasteiger partial charge is 0.238 e. The Labute approximate surface area is 147 Å². The average Bonchev–Trinajstić information content (AvgIpc) is 2.78. The van der Waals surface area contributed by atoms with Gasteiger partial charge < -0.3 is 10.2 Å². The van der Waals surface area contributed by atoms with Gasteiger partial charge in [0.05, 0.1) is 4.90 Å². The summed E-state index contributed by atoms with van der Waals surface area (Å²) in [5.41, 5.74) is 0. The van der Waals surface area contributed by atoms with Crippen LogP contribution in [0.3, 0.4) is 0 Å². The number of nitrogens with zero attached hydrogens (tertiary/aromatic N) is 1. The summed E-state index contributed by atoms with van der Waals surface area (Å²) in [4.78, 5) is 14.2. The molecule has 0 spiro atoms. The van der Waals surface area contributed by atoms with Crippen molar-refractivity contribution in [3.8, 4) is 0 Å². The minimum atomic E-state index is -3.62. The number of carbonyl (C=O) groups excluding carboxylic acids is 1. The van der Waals surface area contributed by atoms with E-state index in [9.17, 15) is 13.2 Å². The van der Waals surface area contributed by atoms with Crippen molar-refractivity contribution in [2.24, 2.45) is 0 Å². The fraction of sp³-hybridized carbons (Fsp3) is 0.533. The summed E-state index contributed by atoms with van der Waals surface area (Å²) >= 11 is 5.77. The van der Waals surface area contributed by atoms with Gasteiger partial charge in [0, 0.05) is 30.2 Å². The van der Waals surface area contributed by atoms with Gasteiger partial charge >= 0.3 is 0 Å². The first-order valence-electron chi connectivity index (χ1n) is 7.46. The molecule has 3 rings (SSSR count). The van der Waals surface area contributed by atoms with E-state index in [1.54, 1.807) is 4.90 Å². The zero-order chi connectivity index (χ0) is 15.7. The Morgan fingerprint density at radius 3 is 2.52 bits per heavy atom. The van der Waals surface area contributed by atoms with Crippen molar-refractivity contribution in [1.29, 1.82) is 0 Å². The molecule has 2 heterocycles. The highest BCUT2D eigenvalue weighted by Crippen LogP contribution is 2.21. The lowest BCUT2D eigenvalue weighted by Gasteiger charge is -2.24. The van der Waals surface area contributed by atoms with Crippen LogP contribution in [0.25, 0.3) is 0 Å². The number of sulfone groups is 1. The lowest BCUT2D eigenvalue weighted by Crippen LogP contribution is -2.41. The van der Waals surface area contributed by atoms with Gasteiger partial charge in [-0.25, -0.2) is 8.42 Å². The van der Waals surface area contributed by atoms with E-state index in [1.807, 2.05) is 0 Å². The lowest BCUT2D eigenvalue weighted by atomic mass is 10.1. The molecule has 0 radical (unpaired) electrons. The van der Waals surface area contributed by atoms with Gasteiger partial charge in [-0.3, -0.25) is 4.79 Å². The molecule has 2 bridgehead atoms. The third-order valence-electron chi connectivity index (χ3n) is 4.36. The number of likely N-dealkylation sites (tertiary alicyclic amines) is 1. The van der Waals surface area contributed by atoms with E-state index in [1.165, 1.54) is 24.3 Å². The minimum absolute atomic E-state index is 0. The SMILES string of the molecule is Cl.O=C(CS(=O)(=O)c1ccc(Cl)cc1)N1CCC2CCC(C1)N2. The van der Waals surface area contributed by atoms with Crippen LogP contribution in [0.2, 0.25) is 5.02 Å². The number of nitrogens with one attached hydrogen (secondary N) is 1. The largest absolute Gasteiger partial charge is 0.340 e. The van der Waals surface area contributed by atoms with Gasteiger partial charge in [-0.15, -0.1) is 12.4 Å². The van der Waals surface area contributed by atoms with E-state index in [0.717, 1.165) is 19.3 Å². The fourth-order valence-corrected chi connectivity index (χ4v) is 4.50. The second kappa shape index (κ2) is 7.38. The fourth-order valence-electron chi connectivity index (χ4n) is 3.15. The zero-order valence-electron chi connectivity index (χ0n) is 12.6. The highest BCUT2D eigenvalue weighted by Gasteiger charge is 2.32. The Bertz CT molecular complexity index is 664. The van der Waals surface area contributed by atoms with Crippen LogP contribution in [0.4, 0.5) is 0 Å². The zero-order valence-corrected chi connectivity index (χ0v) is 15.0. The maximum atomic E-state index is 12.4. The van der Waals surface area contributed by atoms with Crippen LogP contribution in [-0.2, 0) is 14.6 Å². The van der Waals surface area contributed by atoms with E-state index in [2.05, 4.69) is 5.32 Å². The third-order valence-corrected chi connectivity index (χ3v) is 6.23. The highest BCUT2D eigenvalue weighted by molar-refractivity contribution is 7.92. The van der Waals surface area contributed by atoms with Crippen LogP contribution >= 0.6 is 24.0 Å². The number of carbonyl (C=O) groups is 1. The minimum Gasteiger partial charge on any atom is -0.340 e. The topological polar surface area (TPSA) is 66.5 Å². The Morgan fingerprint density at radius 1 is 1.17 bits per heavy atom. The predicted molar refractivity (Wildman–Crippen MR) is 91.9 cm³/mol. The van der Waals surface area contributed by atoms with Crippen LogP contribution in [0, 0.1) is 0 Å². The standard InChI is InChI=1S/C15H19ClN2O3S.ClH/c16-11-1-5-14(6-2-11)22(20,21)10-15(19)18-8-7-12-3-4-13(9-18)17-12;/h1-2,5-6,12-13,17H,3-4,7-10H2;1H. The second-order valence-corrected chi connectivity index (χ2v) is 8.41. The third kappa shape index (κ3) is 4.38. The number of hydrogen-bond acceptors (Lipinski definition) is 4. The molecule has 2 aliphatic heterocycles. The summed E-state index contributed by atoms with van der Waals surface area (Å²) in [5.74, 6) is -0.796. The van der Waals surface area contributed by atoms with E-state index in [0.29, 0.717) is 30.2 Å². The van der Waals surface area contributed by atoms with Crippen LogP contribution in [0.1, 0.15) is 19.3 Å². The summed E-state index contributed by atoms with van der Waals surface area (Å²) in [6, 6.07) is 6.69. The van der Waals surface area contributed by atoms with Crippen LogP contribution < -0.4 is 5.32 Å². The van der Waals surface area contributed by atoms with E-state index >= 15 is 0 Å². The van der Waals surface area contributed by atoms with Crippen molar-refractivity contribution in [2.75, 3.05) is 18.8 Å². The molecule has 0 aliphatic carbocycles. The summed E-state index contributed by atoms with van der Waals surface area (Å²) in [7, 11) is -3.62. The number of amides is 1. The number of hydrogen-bond donors (Lipinski definition) is 1. The quantitative estimate of drug-likeness (QED) is 0.871. The lowest BCUT2D eigenvalue weighted by molar-refractivity contribution is -0.128. The number of halogens is 2. The molecule has 0 saturated carbocycles. The van der Waals surface area contributed by atoms with E-state index in [4.69, 9.17) is 11.6 Å². The first-order valence-corrected chi connectivity index (χ1v) is 9.49. The van der Waals surface area contributed by atoms with Gasteiger partial charge in [0.1, 0.15) is 5.75 Å². The molecule has 1 aromatic rings. The average molecular weight is 379 g/mol. The first kappa shape index (κ1) is 18.5. The second-order valence-electron chi connectivity index (χ2n) is 5.98. The molecule has 2 aliphatic rings. The molecule has 2 fully saturated rings. The number of rotatable bonds is 3. The Morgan fingerprint density at radius 2 is 1.83 bits per heavy atom. The van der Waals surface area contributed by atoms with E-state index in [-0.39, 0.29) is 23.2 Å². The summed E-state index contributed by atoms with van der Waals surface area (Å²) in [6.45, 7) is 1.23. The molecular weight excluding hydrogens is 359 g/mol. The molecule has 2 atom stereocenters. The molecule has 0 aromatic heterocycles. The van der Waals surface area contributed by atoms with Gasteiger partial charge in [0.2, 0.25) is 5.91 Å². The molecule has 1 amide bonds. The molecule has 5 nitrogen and oxygen atoms in total. The maximum Gasteiger partial charge on any atom is 0.238 e. The van der Waals surface area contributed by atoms with Gasteiger partial charge in [-0.2, -0.15) is 0 Å². The van der Waals surface area contributed by atoms with Gasteiger partial charge in [0.15, 0.2) is 9.84 Å². The highest BCUT2D eigenvalue weighted by atomic mass is 35.5. The van der Waals surface area contributed by atoms with Gasteiger partial charge in [0.25, 0.3) is 0 Å². The summed E-state index contributed by atoms with van der Waals surface area (Å²) < 4.78 is 24.7. The van der Waals surface area contributed by atoms with Crippen LogP contribution in [-0.4, -0.2) is 50.2 Å². The Kier molecular flexibility index (Phi) is 5.94. The van der Waals surface area contributed by atoms with Gasteiger partial charge in [-0.1, -0.05) is 11.6 Å².